The predicted molar refractivity (Wildman–Crippen MR) is 84.8 cm³/mol. The molecule has 0 saturated carbocycles. The highest BCUT2D eigenvalue weighted by Crippen LogP contribution is 2.11. The summed E-state index contributed by atoms with van der Waals surface area (Å²) in [5.41, 5.74) is 0.484. The molecular weight excluding hydrogens is 282 g/mol. The van der Waals surface area contributed by atoms with Crippen LogP contribution in [-0.2, 0) is 20.7 Å². The fraction of sp³-hybridized carbons (Fsp3) is 0.529. The van der Waals surface area contributed by atoms with Gasteiger partial charge in [0.2, 0.25) is 0 Å². The van der Waals surface area contributed by atoms with Crippen molar-refractivity contribution < 1.29 is 19.1 Å². The number of amides is 1. The largest absolute Gasteiger partial charge is 0.444 e. The molecule has 122 valence electrons. The number of methoxy groups -OCH3 is 1. The molecule has 0 spiro atoms. The van der Waals surface area contributed by atoms with Gasteiger partial charge in [-0.05, 0) is 32.8 Å². The number of benzene rings is 1. The third kappa shape index (κ3) is 7.22. The van der Waals surface area contributed by atoms with E-state index in [0.717, 1.165) is 5.56 Å². The fourth-order valence-electron chi connectivity index (χ4n) is 1.98. The van der Waals surface area contributed by atoms with Crippen LogP contribution in [0.4, 0.5) is 4.79 Å². The van der Waals surface area contributed by atoms with Gasteiger partial charge in [0.15, 0.2) is 5.78 Å². The zero-order valence-electron chi connectivity index (χ0n) is 13.7. The summed E-state index contributed by atoms with van der Waals surface area (Å²) in [6.07, 6.45) is 0.0366. The van der Waals surface area contributed by atoms with Crippen LogP contribution in [0.15, 0.2) is 30.3 Å². The minimum absolute atomic E-state index is 0.0352. The summed E-state index contributed by atoms with van der Waals surface area (Å²) in [4.78, 5) is 23.8. The zero-order valence-corrected chi connectivity index (χ0v) is 13.7. The molecule has 5 nitrogen and oxygen atoms in total. The van der Waals surface area contributed by atoms with E-state index in [1.165, 1.54) is 7.11 Å². The van der Waals surface area contributed by atoms with Crippen LogP contribution in [0.25, 0.3) is 0 Å². The number of carbonyl (C=O) groups excluding carboxylic acids is 2. The topological polar surface area (TPSA) is 64.6 Å². The summed E-state index contributed by atoms with van der Waals surface area (Å²) >= 11 is 0. The first kappa shape index (κ1) is 18.2. The summed E-state index contributed by atoms with van der Waals surface area (Å²) < 4.78 is 10.1. The Balaban J connectivity index is 2.62. The number of rotatable bonds is 7. The maximum atomic E-state index is 12.1. The van der Waals surface area contributed by atoms with Gasteiger partial charge in [-0.1, -0.05) is 30.3 Å². The Morgan fingerprint density at radius 3 is 2.36 bits per heavy atom. The van der Waals surface area contributed by atoms with Gasteiger partial charge in [-0.15, -0.1) is 0 Å². The van der Waals surface area contributed by atoms with Crippen molar-refractivity contribution in [1.82, 2.24) is 5.32 Å². The average Bonchev–Trinajstić information content (AvgIpc) is 2.43. The Hall–Kier alpha value is -1.88. The Morgan fingerprint density at radius 2 is 1.82 bits per heavy atom. The van der Waals surface area contributed by atoms with E-state index in [9.17, 15) is 9.59 Å². The van der Waals surface area contributed by atoms with Crippen LogP contribution in [0.3, 0.4) is 0 Å². The highest BCUT2D eigenvalue weighted by Gasteiger charge is 2.22. The lowest BCUT2D eigenvalue weighted by Crippen LogP contribution is -2.38. The Morgan fingerprint density at radius 1 is 1.18 bits per heavy atom. The molecule has 1 atom stereocenters. The molecule has 1 N–H and O–H groups in total. The Labute approximate surface area is 132 Å². The van der Waals surface area contributed by atoms with E-state index in [1.807, 2.05) is 30.3 Å². The van der Waals surface area contributed by atoms with E-state index in [4.69, 9.17) is 9.47 Å². The van der Waals surface area contributed by atoms with Crippen LogP contribution in [0.1, 0.15) is 26.3 Å². The van der Waals surface area contributed by atoms with Crippen molar-refractivity contribution in [3.63, 3.8) is 0 Å². The van der Waals surface area contributed by atoms with E-state index in [-0.39, 0.29) is 24.9 Å². The first-order valence-corrected chi connectivity index (χ1v) is 7.34. The number of Topliss-reactive ketones (excluding diaryl/α,β-unsaturated/α-hetero) is 1. The van der Waals surface area contributed by atoms with Gasteiger partial charge in [-0.3, -0.25) is 4.79 Å². The van der Waals surface area contributed by atoms with E-state index < -0.39 is 11.7 Å². The molecule has 0 aliphatic heterocycles. The maximum absolute atomic E-state index is 12.1. The van der Waals surface area contributed by atoms with Crippen molar-refractivity contribution in [2.75, 3.05) is 20.3 Å². The SMILES string of the molecule is COCC(=O)[C@H](CNC(=O)OC(C)(C)C)Cc1ccccc1. The number of ketones is 1. The molecule has 1 aromatic rings. The number of hydrogen-bond donors (Lipinski definition) is 1. The number of nitrogens with one attached hydrogen (secondary N) is 1. The molecule has 0 fully saturated rings. The number of hydrogen-bond acceptors (Lipinski definition) is 4. The molecule has 0 aliphatic carbocycles. The fourth-order valence-corrected chi connectivity index (χ4v) is 1.98. The minimum atomic E-state index is -0.560. The number of alkyl carbamates (subject to hydrolysis) is 1. The molecule has 0 unspecified atom stereocenters. The molecule has 5 heteroatoms. The molecule has 1 aromatic carbocycles. The van der Waals surface area contributed by atoms with Crippen molar-refractivity contribution in [1.29, 1.82) is 0 Å². The van der Waals surface area contributed by atoms with Gasteiger partial charge >= 0.3 is 6.09 Å². The Kier molecular flexibility index (Phi) is 7.05. The highest BCUT2D eigenvalue weighted by atomic mass is 16.6. The van der Waals surface area contributed by atoms with Crippen LogP contribution in [0, 0.1) is 5.92 Å². The standard InChI is InChI=1S/C17H25NO4/c1-17(2,3)22-16(20)18-11-14(15(19)12-21-4)10-13-8-6-5-7-9-13/h5-9,14H,10-12H2,1-4H3,(H,18,20)/t14-/m0/s1. The second kappa shape index (κ2) is 8.54. The smallest absolute Gasteiger partial charge is 0.407 e. The van der Waals surface area contributed by atoms with Crippen molar-refractivity contribution in [3.05, 3.63) is 35.9 Å². The van der Waals surface area contributed by atoms with E-state index in [2.05, 4.69) is 5.32 Å². The summed E-state index contributed by atoms with van der Waals surface area (Å²) in [5, 5.41) is 2.66. The van der Waals surface area contributed by atoms with E-state index >= 15 is 0 Å². The van der Waals surface area contributed by atoms with Crippen LogP contribution < -0.4 is 5.32 Å². The second-order valence-electron chi connectivity index (χ2n) is 6.17. The molecule has 0 aromatic heterocycles. The normalized spacial score (nSPS) is 12.5. The second-order valence-corrected chi connectivity index (χ2v) is 6.17. The summed E-state index contributed by atoms with van der Waals surface area (Å²) in [6.45, 7) is 5.65. The molecule has 0 radical (unpaired) electrons. The van der Waals surface area contributed by atoms with E-state index in [0.29, 0.717) is 6.42 Å². The number of ether oxygens (including phenoxy) is 2. The zero-order chi connectivity index (χ0) is 16.6. The third-order valence-electron chi connectivity index (χ3n) is 2.96. The molecule has 0 saturated heterocycles. The molecule has 0 aliphatic rings. The lowest BCUT2D eigenvalue weighted by molar-refractivity contribution is -0.126. The van der Waals surface area contributed by atoms with Gasteiger partial charge in [-0.2, -0.15) is 0 Å². The minimum Gasteiger partial charge on any atom is -0.444 e. The van der Waals surface area contributed by atoms with Gasteiger partial charge < -0.3 is 14.8 Å². The summed E-state index contributed by atoms with van der Waals surface area (Å²) in [7, 11) is 1.48. The quantitative estimate of drug-likeness (QED) is 0.841. The van der Waals surface area contributed by atoms with E-state index in [1.54, 1.807) is 20.8 Å². The first-order valence-electron chi connectivity index (χ1n) is 7.34. The summed E-state index contributed by atoms with van der Waals surface area (Å²) in [6, 6.07) is 9.69. The van der Waals surface area contributed by atoms with Gasteiger partial charge in [0, 0.05) is 19.6 Å². The van der Waals surface area contributed by atoms with Crippen molar-refractivity contribution in [2.24, 2.45) is 5.92 Å². The van der Waals surface area contributed by atoms with Crippen LogP contribution in [0.2, 0.25) is 0 Å². The molecular formula is C17H25NO4. The molecule has 1 rings (SSSR count). The Bertz CT molecular complexity index is 479. The first-order chi connectivity index (χ1) is 10.3. The number of carbonyl (C=O) groups is 2. The van der Waals surface area contributed by atoms with Crippen LogP contribution in [-0.4, -0.2) is 37.7 Å². The molecule has 22 heavy (non-hydrogen) atoms. The van der Waals surface area contributed by atoms with Gasteiger partial charge in [-0.25, -0.2) is 4.79 Å². The average molecular weight is 307 g/mol. The van der Waals surface area contributed by atoms with Crippen LogP contribution >= 0.6 is 0 Å². The third-order valence-corrected chi connectivity index (χ3v) is 2.96. The van der Waals surface area contributed by atoms with Crippen molar-refractivity contribution >= 4 is 11.9 Å². The van der Waals surface area contributed by atoms with Gasteiger partial charge in [0.25, 0.3) is 0 Å². The van der Waals surface area contributed by atoms with Crippen molar-refractivity contribution in [3.8, 4) is 0 Å². The highest BCUT2D eigenvalue weighted by molar-refractivity contribution is 5.83. The van der Waals surface area contributed by atoms with Gasteiger partial charge in [0.05, 0.1) is 0 Å². The lowest BCUT2D eigenvalue weighted by atomic mass is 9.95. The lowest BCUT2D eigenvalue weighted by Gasteiger charge is -2.21. The molecule has 0 heterocycles. The molecule has 1 amide bonds. The van der Waals surface area contributed by atoms with Gasteiger partial charge in [0.1, 0.15) is 12.2 Å². The summed E-state index contributed by atoms with van der Waals surface area (Å²) in [5.74, 6) is -0.378. The van der Waals surface area contributed by atoms with Crippen LogP contribution in [0.5, 0.6) is 0 Å². The monoisotopic (exact) mass is 307 g/mol. The molecule has 0 bridgehead atoms. The maximum Gasteiger partial charge on any atom is 0.407 e. The predicted octanol–water partition coefficient (Wildman–Crippen LogP) is 2.59. The van der Waals surface area contributed by atoms with Crippen molar-refractivity contribution in [2.45, 2.75) is 32.8 Å².